The quantitative estimate of drug-likeness (QED) is 0.862. The molecule has 100 valence electrons. The molecule has 1 fully saturated rings. The first-order valence-electron chi connectivity index (χ1n) is 5.65. The van der Waals surface area contributed by atoms with Crippen LogP contribution in [0.15, 0.2) is 16.3 Å². The van der Waals surface area contributed by atoms with E-state index in [2.05, 4.69) is 4.72 Å². The summed E-state index contributed by atoms with van der Waals surface area (Å²) in [6.07, 6.45) is 2.59. The van der Waals surface area contributed by atoms with Gasteiger partial charge < -0.3 is 5.11 Å². The highest BCUT2D eigenvalue weighted by molar-refractivity contribution is 7.91. The third-order valence-corrected chi connectivity index (χ3v) is 6.28. The molecule has 1 saturated carbocycles. The zero-order chi connectivity index (χ0) is 13.4. The van der Waals surface area contributed by atoms with Crippen LogP contribution in [0.4, 0.5) is 0 Å². The highest BCUT2D eigenvalue weighted by atomic mass is 32.2. The van der Waals surface area contributed by atoms with Crippen molar-refractivity contribution in [1.82, 2.24) is 4.72 Å². The molecule has 0 spiro atoms. The van der Waals surface area contributed by atoms with E-state index in [4.69, 9.17) is 5.11 Å². The molecule has 1 aromatic rings. The third-order valence-electron chi connectivity index (χ3n) is 3.07. The number of thiophene rings is 1. The van der Waals surface area contributed by atoms with E-state index >= 15 is 0 Å². The highest BCUT2D eigenvalue weighted by Crippen LogP contribution is 2.33. The van der Waals surface area contributed by atoms with Crippen LogP contribution in [-0.2, 0) is 21.2 Å². The molecule has 1 aliphatic rings. The Morgan fingerprint density at radius 2 is 2.17 bits per heavy atom. The first-order valence-corrected chi connectivity index (χ1v) is 7.95. The Hall–Kier alpha value is -0.920. The maximum absolute atomic E-state index is 12.1. The maximum atomic E-state index is 12.1. The molecular weight excluding hydrogens is 274 g/mol. The molecule has 0 unspecified atom stereocenters. The van der Waals surface area contributed by atoms with Gasteiger partial charge in [0.05, 0.1) is 6.42 Å². The van der Waals surface area contributed by atoms with Crippen LogP contribution in [0.5, 0.6) is 0 Å². The van der Waals surface area contributed by atoms with E-state index < -0.39 is 16.0 Å². The Morgan fingerprint density at radius 1 is 1.50 bits per heavy atom. The molecule has 0 saturated heterocycles. The van der Waals surface area contributed by atoms with Crippen LogP contribution in [0.3, 0.4) is 0 Å². The van der Waals surface area contributed by atoms with Gasteiger partial charge >= 0.3 is 5.97 Å². The van der Waals surface area contributed by atoms with Gasteiger partial charge in [0.25, 0.3) is 10.0 Å². The minimum atomic E-state index is -3.52. The van der Waals surface area contributed by atoms with Gasteiger partial charge in [-0.3, -0.25) is 4.79 Å². The summed E-state index contributed by atoms with van der Waals surface area (Å²) >= 11 is 1.01. The van der Waals surface area contributed by atoms with Gasteiger partial charge in [0.15, 0.2) is 0 Å². The summed E-state index contributed by atoms with van der Waals surface area (Å²) in [5.74, 6) is -0.959. The van der Waals surface area contributed by atoms with Crippen LogP contribution in [0.25, 0.3) is 0 Å². The number of sulfonamides is 1. The molecule has 0 bridgehead atoms. The minimum absolute atomic E-state index is 0.141. The van der Waals surface area contributed by atoms with E-state index in [1.165, 1.54) is 6.07 Å². The molecule has 0 aromatic carbocycles. The molecule has 2 rings (SSSR count). The average Bonchev–Trinajstić information content (AvgIpc) is 2.63. The number of aliphatic carboxylic acids is 1. The van der Waals surface area contributed by atoms with Gasteiger partial charge in [-0.2, -0.15) is 0 Å². The summed E-state index contributed by atoms with van der Waals surface area (Å²) in [6.45, 7) is 1.89. The van der Waals surface area contributed by atoms with E-state index in [9.17, 15) is 13.2 Å². The van der Waals surface area contributed by atoms with Crippen molar-refractivity contribution in [2.75, 3.05) is 0 Å². The molecule has 0 amide bonds. The van der Waals surface area contributed by atoms with Gasteiger partial charge in [0.1, 0.15) is 4.21 Å². The number of nitrogens with one attached hydrogen (secondary N) is 1. The van der Waals surface area contributed by atoms with Crippen LogP contribution in [0, 0.1) is 0 Å². The highest BCUT2D eigenvalue weighted by Gasteiger charge is 2.36. The number of hydrogen-bond donors (Lipinski definition) is 2. The summed E-state index contributed by atoms with van der Waals surface area (Å²) in [5, 5.41) is 8.65. The second-order valence-corrected chi connectivity index (χ2v) is 7.89. The van der Waals surface area contributed by atoms with Gasteiger partial charge in [0.2, 0.25) is 0 Å². The second kappa shape index (κ2) is 4.64. The fourth-order valence-electron chi connectivity index (χ4n) is 1.93. The average molecular weight is 289 g/mol. The third kappa shape index (κ3) is 2.90. The molecule has 1 aliphatic carbocycles. The lowest BCUT2D eigenvalue weighted by molar-refractivity contribution is -0.136. The molecule has 1 heterocycles. The lowest BCUT2D eigenvalue weighted by Gasteiger charge is -2.38. The molecule has 2 N–H and O–H groups in total. The van der Waals surface area contributed by atoms with E-state index in [1.807, 2.05) is 6.92 Å². The van der Waals surface area contributed by atoms with Gasteiger partial charge in [-0.1, -0.05) is 0 Å². The summed E-state index contributed by atoms with van der Waals surface area (Å²) < 4.78 is 27.1. The van der Waals surface area contributed by atoms with Crippen LogP contribution >= 0.6 is 11.3 Å². The molecule has 1 aromatic heterocycles. The standard InChI is InChI=1S/C11H15NO4S2/c1-11(5-2-6-11)12-18(15,16)10-4-3-8(17-10)7-9(13)14/h3-4,12H,2,5-7H2,1H3,(H,13,14). The Balaban J connectivity index is 2.14. The van der Waals surface area contributed by atoms with Gasteiger partial charge in [0, 0.05) is 10.4 Å². The Labute approximate surface area is 110 Å². The molecule has 0 aliphatic heterocycles. The molecule has 0 atom stereocenters. The van der Waals surface area contributed by atoms with E-state index in [0.717, 1.165) is 30.6 Å². The smallest absolute Gasteiger partial charge is 0.308 e. The number of carboxylic acids is 1. The van der Waals surface area contributed by atoms with Crippen molar-refractivity contribution in [3.05, 3.63) is 17.0 Å². The van der Waals surface area contributed by atoms with Crippen LogP contribution < -0.4 is 4.72 Å². The van der Waals surface area contributed by atoms with Crippen molar-refractivity contribution >= 4 is 27.3 Å². The van der Waals surface area contributed by atoms with Crippen LogP contribution in [0.2, 0.25) is 0 Å². The SMILES string of the molecule is CC1(NS(=O)(=O)c2ccc(CC(=O)O)s2)CCC1. The zero-order valence-corrected chi connectivity index (χ0v) is 11.6. The predicted octanol–water partition coefficient (Wildman–Crippen LogP) is 1.60. The number of rotatable bonds is 5. The topological polar surface area (TPSA) is 83.5 Å². The fraction of sp³-hybridized carbons (Fsp3) is 0.545. The van der Waals surface area contributed by atoms with Crippen molar-refractivity contribution in [3.8, 4) is 0 Å². The van der Waals surface area contributed by atoms with E-state index in [-0.39, 0.29) is 16.2 Å². The molecule has 7 heteroatoms. The maximum Gasteiger partial charge on any atom is 0.308 e. The second-order valence-electron chi connectivity index (χ2n) is 4.81. The Morgan fingerprint density at radius 3 is 2.67 bits per heavy atom. The normalized spacial score (nSPS) is 18.3. The van der Waals surface area contributed by atoms with Gasteiger partial charge in [-0.05, 0) is 38.3 Å². The van der Waals surface area contributed by atoms with Crippen LogP contribution in [0.1, 0.15) is 31.1 Å². The summed E-state index contributed by atoms with van der Waals surface area (Å²) in [7, 11) is -3.52. The first-order chi connectivity index (χ1) is 8.31. The van der Waals surface area contributed by atoms with Gasteiger partial charge in [-0.15, -0.1) is 11.3 Å². The monoisotopic (exact) mass is 289 g/mol. The van der Waals surface area contributed by atoms with Crippen molar-refractivity contribution in [2.24, 2.45) is 0 Å². The van der Waals surface area contributed by atoms with Gasteiger partial charge in [-0.25, -0.2) is 13.1 Å². The van der Waals surface area contributed by atoms with Crippen molar-refractivity contribution in [3.63, 3.8) is 0 Å². The number of carboxylic acid groups (broad SMARTS) is 1. The fourth-order valence-corrected chi connectivity index (χ4v) is 4.74. The van der Waals surface area contributed by atoms with Crippen LogP contribution in [-0.4, -0.2) is 25.0 Å². The molecule has 0 radical (unpaired) electrons. The van der Waals surface area contributed by atoms with E-state index in [1.54, 1.807) is 6.07 Å². The minimum Gasteiger partial charge on any atom is -0.481 e. The Kier molecular flexibility index (Phi) is 3.48. The van der Waals surface area contributed by atoms with Crippen molar-refractivity contribution < 1.29 is 18.3 Å². The molecular formula is C11H15NO4S2. The van der Waals surface area contributed by atoms with Crippen molar-refractivity contribution in [2.45, 2.75) is 42.4 Å². The first kappa shape index (κ1) is 13.5. The lowest BCUT2D eigenvalue weighted by atomic mass is 9.80. The largest absolute Gasteiger partial charge is 0.481 e. The number of carbonyl (C=O) groups is 1. The van der Waals surface area contributed by atoms with E-state index in [0.29, 0.717) is 4.88 Å². The summed E-state index contributed by atoms with van der Waals surface area (Å²) in [4.78, 5) is 11.1. The summed E-state index contributed by atoms with van der Waals surface area (Å²) in [6, 6.07) is 3.02. The summed E-state index contributed by atoms with van der Waals surface area (Å²) in [5.41, 5.74) is -0.338. The Bertz CT molecular complexity index is 557. The molecule has 5 nitrogen and oxygen atoms in total. The van der Waals surface area contributed by atoms with Crippen molar-refractivity contribution in [1.29, 1.82) is 0 Å². The number of hydrogen-bond acceptors (Lipinski definition) is 4. The predicted molar refractivity (Wildman–Crippen MR) is 68.2 cm³/mol. The zero-order valence-electron chi connectivity index (χ0n) is 9.97. The molecule has 18 heavy (non-hydrogen) atoms. The lowest BCUT2D eigenvalue weighted by Crippen LogP contribution is -2.50.